The molecule has 2 aromatic carbocycles. The highest BCUT2D eigenvalue weighted by atomic mass is 35.5. The summed E-state index contributed by atoms with van der Waals surface area (Å²) in [7, 11) is 0. The van der Waals surface area contributed by atoms with Crippen molar-refractivity contribution in [1.29, 1.82) is 0 Å². The fourth-order valence-corrected chi connectivity index (χ4v) is 3.08. The summed E-state index contributed by atoms with van der Waals surface area (Å²) < 4.78 is 12.8. The maximum atomic E-state index is 12.8. The first-order chi connectivity index (χ1) is 12.0. The lowest BCUT2D eigenvalue weighted by Gasteiger charge is -2.15. The average molecular weight is 381 g/mol. The number of anilines is 1. The maximum absolute atomic E-state index is 12.8. The second-order valence-corrected chi connectivity index (χ2v) is 6.75. The molecule has 0 aliphatic carbocycles. The van der Waals surface area contributed by atoms with Crippen molar-refractivity contribution < 1.29 is 14.0 Å². The van der Waals surface area contributed by atoms with Crippen molar-refractivity contribution in [2.45, 2.75) is 13.0 Å². The van der Waals surface area contributed by atoms with Crippen molar-refractivity contribution in [2.75, 3.05) is 16.8 Å². The second kappa shape index (κ2) is 9.44. The van der Waals surface area contributed by atoms with Gasteiger partial charge in [0.05, 0.1) is 17.5 Å². The van der Waals surface area contributed by atoms with E-state index in [2.05, 4.69) is 10.6 Å². The quantitative estimate of drug-likeness (QED) is 0.762. The molecule has 2 amide bonds. The minimum Gasteiger partial charge on any atom is -0.349 e. The molecule has 2 rings (SSSR count). The summed E-state index contributed by atoms with van der Waals surface area (Å²) in [5.41, 5.74) is 1.36. The van der Waals surface area contributed by atoms with E-state index < -0.39 is 0 Å². The van der Waals surface area contributed by atoms with Crippen LogP contribution in [0.3, 0.4) is 0 Å². The summed E-state index contributed by atoms with van der Waals surface area (Å²) in [6, 6.07) is 12.6. The van der Waals surface area contributed by atoms with E-state index in [1.54, 1.807) is 6.07 Å². The maximum Gasteiger partial charge on any atom is 0.234 e. The lowest BCUT2D eigenvalue weighted by Crippen LogP contribution is -2.29. The van der Waals surface area contributed by atoms with E-state index in [1.807, 2.05) is 25.1 Å². The zero-order chi connectivity index (χ0) is 18.2. The van der Waals surface area contributed by atoms with E-state index in [0.29, 0.717) is 10.7 Å². The van der Waals surface area contributed by atoms with Crippen LogP contribution >= 0.6 is 23.4 Å². The molecule has 0 aliphatic heterocycles. The van der Waals surface area contributed by atoms with Gasteiger partial charge in [0.2, 0.25) is 11.8 Å². The summed E-state index contributed by atoms with van der Waals surface area (Å²) in [5, 5.41) is 6.09. The second-order valence-electron chi connectivity index (χ2n) is 5.36. The van der Waals surface area contributed by atoms with Crippen LogP contribution < -0.4 is 10.6 Å². The molecule has 7 heteroatoms. The molecule has 0 radical (unpaired) electrons. The van der Waals surface area contributed by atoms with Crippen molar-refractivity contribution >= 4 is 40.9 Å². The number of thioether (sulfide) groups is 1. The normalized spacial score (nSPS) is 11.6. The van der Waals surface area contributed by atoms with E-state index in [1.165, 1.54) is 36.0 Å². The minimum absolute atomic E-state index is 0.130. The number of halogens is 2. The van der Waals surface area contributed by atoms with Crippen LogP contribution in [0.4, 0.5) is 10.1 Å². The van der Waals surface area contributed by atoms with Crippen LogP contribution in [0.15, 0.2) is 48.5 Å². The Labute approximate surface area is 155 Å². The van der Waals surface area contributed by atoms with E-state index in [9.17, 15) is 14.0 Å². The fraction of sp³-hybridized carbons (Fsp3) is 0.222. The molecule has 4 nitrogen and oxygen atoms in total. The van der Waals surface area contributed by atoms with Crippen molar-refractivity contribution in [3.8, 4) is 0 Å². The van der Waals surface area contributed by atoms with Gasteiger partial charge in [0.25, 0.3) is 0 Å². The van der Waals surface area contributed by atoms with Gasteiger partial charge in [0.1, 0.15) is 5.82 Å². The monoisotopic (exact) mass is 380 g/mol. The van der Waals surface area contributed by atoms with Gasteiger partial charge in [-0.2, -0.15) is 0 Å². The van der Waals surface area contributed by atoms with Gasteiger partial charge >= 0.3 is 0 Å². The summed E-state index contributed by atoms with van der Waals surface area (Å²) in [5.74, 6) is -0.496. The molecular formula is C18H18ClFN2O2S. The Morgan fingerprint density at radius 2 is 1.72 bits per heavy atom. The van der Waals surface area contributed by atoms with Gasteiger partial charge in [-0.3, -0.25) is 9.59 Å². The van der Waals surface area contributed by atoms with Crippen LogP contribution in [0.1, 0.15) is 18.5 Å². The molecule has 0 bridgehead atoms. The van der Waals surface area contributed by atoms with Gasteiger partial charge in [-0.05, 0) is 42.8 Å². The smallest absolute Gasteiger partial charge is 0.234 e. The van der Waals surface area contributed by atoms with Crippen molar-refractivity contribution in [3.05, 3.63) is 64.9 Å². The molecule has 0 heterocycles. The number of hydrogen-bond acceptors (Lipinski definition) is 3. The molecular weight excluding hydrogens is 363 g/mol. The third-order valence-corrected chi connectivity index (χ3v) is 4.62. The highest BCUT2D eigenvalue weighted by molar-refractivity contribution is 8.00. The summed E-state index contributed by atoms with van der Waals surface area (Å²) in [6.45, 7) is 1.85. The number of benzene rings is 2. The van der Waals surface area contributed by atoms with Crippen molar-refractivity contribution in [3.63, 3.8) is 0 Å². The summed E-state index contributed by atoms with van der Waals surface area (Å²) in [4.78, 5) is 23.8. The Balaban J connectivity index is 1.72. The molecule has 0 saturated carbocycles. The topological polar surface area (TPSA) is 58.2 Å². The van der Waals surface area contributed by atoms with Gasteiger partial charge in [0.15, 0.2) is 0 Å². The van der Waals surface area contributed by atoms with Crippen LogP contribution in [0.5, 0.6) is 0 Å². The summed E-state index contributed by atoms with van der Waals surface area (Å²) in [6.07, 6.45) is 0. The standard InChI is InChI=1S/C18H18ClFN2O2S/c1-12(15-4-2-3-5-16(15)19)21-17(23)10-25-11-18(24)22-14-8-6-13(20)7-9-14/h2-9,12H,10-11H2,1H3,(H,21,23)(H,22,24). The highest BCUT2D eigenvalue weighted by Gasteiger charge is 2.13. The number of rotatable bonds is 7. The average Bonchev–Trinajstić information content (AvgIpc) is 2.57. The Morgan fingerprint density at radius 3 is 2.40 bits per heavy atom. The Kier molecular flexibility index (Phi) is 7.28. The Morgan fingerprint density at radius 1 is 1.08 bits per heavy atom. The van der Waals surface area contributed by atoms with Crippen LogP contribution in [0.2, 0.25) is 5.02 Å². The van der Waals surface area contributed by atoms with E-state index >= 15 is 0 Å². The van der Waals surface area contributed by atoms with Gasteiger partial charge in [-0.1, -0.05) is 29.8 Å². The molecule has 0 fully saturated rings. The first-order valence-electron chi connectivity index (χ1n) is 7.62. The Hall–Kier alpha value is -2.05. The molecule has 0 aliphatic rings. The van der Waals surface area contributed by atoms with Gasteiger partial charge in [-0.25, -0.2) is 4.39 Å². The molecule has 1 unspecified atom stereocenters. The first-order valence-corrected chi connectivity index (χ1v) is 9.16. The first kappa shape index (κ1) is 19.3. The lowest BCUT2D eigenvalue weighted by atomic mass is 10.1. The molecule has 2 N–H and O–H groups in total. The molecule has 2 aromatic rings. The number of amides is 2. The largest absolute Gasteiger partial charge is 0.349 e. The highest BCUT2D eigenvalue weighted by Crippen LogP contribution is 2.22. The van der Waals surface area contributed by atoms with Crippen molar-refractivity contribution in [2.24, 2.45) is 0 Å². The van der Waals surface area contributed by atoms with Crippen LogP contribution in [-0.2, 0) is 9.59 Å². The fourth-order valence-electron chi connectivity index (χ4n) is 2.15. The third-order valence-electron chi connectivity index (χ3n) is 3.34. The molecule has 0 aromatic heterocycles. The van der Waals surface area contributed by atoms with Gasteiger partial charge < -0.3 is 10.6 Å². The number of nitrogens with one attached hydrogen (secondary N) is 2. The predicted octanol–water partition coefficient (Wildman–Crippen LogP) is 4.03. The Bertz CT molecular complexity index is 740. The molecule has 1 atom stereocenters. The third kappa shape index (κ3) is 6.40. The van der Waals surface area contributed by atoms with Gasteiger partial charge in [0, 0.05) is 10.7 Å². The zero-order valence-corrected chi connectivity index (χ0v) is 15.2. The predicted molar refractivity (Wildman–Crippen MR) is 100 cm³/mol. The molecule has 0 spiro atoms. The van der Waals surface area contributed by atoms with E-state index in [4.69, 9.17) is 11.6 Å². The van der Waals surface area contributed by atoms with E-state index in [0.717, 1.165) is 5.56 Å². The van der Waals surface area contributed by atoms with Crippen LogP contribution in [0.25, 0.3) is 0 Å². The lowest BCUT2D eigenvalue weighted by molar-refractivity contribution is -0.119. The van der Waals surface area contributed by atoms with Crippen LogP contribution in [-0.4, -0.2) is 23.3 Å². The summed E-state index contributed by atoms with van der Waals surface area (Å²) >= 11 is 7.30. The van der Waals surface area contributed by atoms with Crippen molar-refractivity contribution in [1.82, 2.24) is 5.32 Å². The number of carbonyl (C=O) groups is 2. The molecule has 25 heavy (non-hydrogen) atoms. The van der Waals surface area contributed by atoms with Crippen LogP contribution in [0, 0.1) is 5.82 Å². The molecule has 0 saturated heterocycles. The number of carbonyl (C=O) groups excluding carboxylic acids is 2. The van der Waals surface area contributed by atoms with E-state index in [-0.39, 0.29) is 35.2 Å². The minimum atomic E-state index is -0.364. The SMILES string of the molecule is CC(NC(=O)CSCC(=O)Nc1ccc(F)cc1)c1ccccc1Cl. The zero-order valence-electron chi connectivity index (χ0n) is 13.6. The van der Waals surface area contributed by atoms with Gasteiger partial charge in [-0.15, -0.1) is 11.8 Å². The number of hydrogen-bond donors (Lipinski definition) is 2. The molecule has 132 valence electrons.